The van der Waals surface area contributed by atoms with E-state index < -0.39 is 0 Å². The van der Waals surface area contributed by atoms with Crippen molar-refractivity contribution in [3.63, 3.8) is 0 Å². The van der Waals surface area contributed by atoms with Crippen molar-refractivity contribution in [1.82, 2.24) is 4.98 Å². The van der Waals surface area contributed by atoms with Crippen LogP contribution in [0.1, 0.15) is 25.3 Å². The van der Waals surface area contributed by atoms with Gasteiger partial charge in [0.25, 0.3) is 0 Å². The van der Waals surface area contributed by atoms with Crippen molar-refractivity contribution < 1.29 is 4.74 Å². The Kier molecular flexibility index (Phi) is 7.33. The van der Waals surface area contributed by atoms with Crippen LogP contribution in [0, 0.1) is 0 Å². The van der Waals surface area contributed by atoms with E-state index in [1.54, 1.807) is 0 Å². The Morgan fingerprint density at radius 1 is 0.882 bits per heavy atom. The molecule has 0 aliphatic carbocycles. The quantitative estimate of drug-likeness (QED) is 0.233. The molecule has 3 heterocycles. The van der Waals surface area contributed by atoms with Gasteiger partial charge in [-0.3, -0.25) is 0 Å². The van der Waals surface area contributed by atoms with Crippen LogP contribution in [0.4, 0.5) is 27.2 Å². The Morgan fingerprint density at radius 3 is 2.29 bits per heavy atom. The molecule has 0 N–H and O–H groups in total. The van der Waals surface area contributed by atoms with E-state index >= 15 is 0 Å². The van der Waals surface area contributed by atoms with Gasteiger partial charge in [0.2, 0.25) is 5.13 Å². The van der Waals surface area contributed by atoms with Crippen LogP contribution in [-0.2, 0) is 11.2 Å². The number of morpholine rings is 1. The minimum atomic E-state index is 0.643. The number of rotatable bonds is 8. The summed E-state index contributed by atoms with van der Waals surface area (Å²) in [4.78, 5) is 7.81. The van der Waals surface area contributed by atoms with Gasteiger partial charge in [0.1, 0.15) is 9.83 Å². The number of aryl methyl sites for hydroxylation is 1. The lowest BCUT2D eigenvalue weighted by Gasteiger charge is -2.28. The second-order valence-corrected chi connectivity index (χ2v) is 10.1. The number of thiophene rings is 1. The first-order valence-electron chi connectivity index (χ1n) is 11.5. The summed E-state index contributed by atoms with van der Waals surface area (Å²) in [6.07, 6.45) is 3.53. The number of nitrogens with zero attached hydrogens (tertiary/aromatic N) is 6. The van der Waals surface area contributed by atoms with Crippen molar-refractivity contribution in [3.8, 4) is 0 Å². The lowest BCUT2D eigenvalue weighted by molar-refractivity contribution is 0.122. The molecule has 9 heteroatoms. The zero-order valence-electron chi connectivity index (χ0n) is 19.1. The fourth-order valence-electron chi connectivity index (χ4n) is 3.67. The number of aromatic nitrogens is 1. The summed E-state index contributed by atoms with van der Waals surface area (Å²) in [6, 6.07) is 18.4. The molecule has 1 aliphatic rings. The van der Waals surface area contributed by atoms with Gasteiger partial charge in [-0.05, 0) is 60.9 Å². The largest absolute Gasteiger partial charge is 0.378 e. The van der Waals surface area contributed by atoms with Gasteiger partial charge in [-0.2, -0.15) is 0 Å². The zero-order valence-corrected chi connectivity index (χ0v) is 20.7. The molecule has 0 spiro atoms. The van der Waals surface area contributed by atoms with E-state index in [0.29, 0.717) is 5.13 Å². The van der Waals surface area contributed by atoms with Crippen LogP contribution >= 0.6 is 22.7 Å². The first kappa shape index (κ1) is 22.8. The van der Waals surface area contributed by atoms with Gasteiger partial charge in [0, 0.05) is 18.8 Å². The summed E-state index contributed by atoms with van der Waals surface area (Å²) in [5.41, 5.74) is 4.20. The molecule has 2 aromatic heterocycles. The highest BCUT2D eigenvalue weighted by Crippen LogP contribution is 2.39. The third kappa shape index (κ3) is 5.72. The van der Waals surface area contributed by atoms with E-state index in [9.17, 15) is 0 Å². The molecule has 0 atom stereocenters. The maximum Gasteiger partial charge on any atom is 0.231 e. The van der Waals surface area contributed by atoms with Crippen LogP contribution in [0.2, 0.25) is 0 Å². The highest BCUT2D eigenvalue weighted by Gasteiger charge is 2.11. The van der Waals surface area contributed by atoms with Gasteiger partial charge in [-0.1, -0.05) is 48.2 Å². The Balaban J connectivity index is 1.20. The summed E-state index contributed by atoms with van der Waals surface area (Å²) >= 11 is 3.02. The highest BCUT2D eigenvalue weighted by atomic mass is 32.1. The number of unbranched alkanes of at least 4 members (excludes halogenated alkanes) is 1. The van der Waals surface area contributed by atoms with Crippen molar-refractivity contribution in [3.05, 3.63) is 60.2 Å². The van der Waals surface area contributed by atoms with Crippen LogP contribution in [-0.4, -0.2) is 31.3 Å². The monoisotopic (exact) mass is 490 g/mol. The first-order valence-corrected chi connectivity index (χ1v) is 13.2. The normalized spacial score (nSPS) is 14.7. The molecule has 1 aliphatic heterocycles. The van der Waals surface area contributed by atoms with E-state index in [1.165, 1.54) is 46.8 Å². The van der Waals surface area contributed by atoms with E-state index in [-0.39, 0.29) is 0 Å². The molecule has 0 amide bonds. The van der Waals surface area contributed by atoms with Gasteiger partial charge in [-0.25, -0.2) is 4.98 Å². The number of hydrogen-bond donors (Lipinski definition) is 0. The summed E-state index contributed by atoms with van der Waals surface area (Å²) in [7, 11) is 0. The predicted octanol–water partition coefficient (Wildman–Crippen LogP) is 8.37. The Morgan fingerprint density at radius 2 is 1.59 bits per heavy atom. The maximum absolute atomic E-state index is 5.42. The van der Waals surface area contributed by atoms with Gasteiger partial charge in [0.15, 0.2) is 0 Å². The molecular formula is C25H26N6OS2. The first-order chi connectivity index (χ1) is 16.8. The topological polar surface area (TPSA) is 74.8 Å². The van der Waals surface area contributed by atoms with Crippen LogP contribution in [0.5, 0.6) is 0 Å². The fraction of sp³-hybridized carbons (Fsp3) is 0.320. The van der Waals surface area contributed by atoms with Crippen molar-refractivity contribution in [1.29, 1.82) is 0 Å². The van der Waals surface area contributed by atoms with Crippen molar-refractivity contribution in [2.75, 3.05) is 31.2 Å². The number of thiazole rings is 1. The number of benzene rings is 2. The minimum absolute atomic E-state index is 0.643. The van der Waals surface area contributed by atoms with Crippen molar-refractivity contribution >= 4 is 59.4 Å². The molecule has 4 aromatic rings. The molecule has 0 unspecified atom stereocenters. The van der Waals surface area contributed by atoms with E-state index in [4.69, 9.17) is 4.74 Å². The Hall–Kier alpha value is -3.01. The van der Waals surface area contributed by atoms with Crippen molar-refractivity contribution in [2.45, 2.75) is 26.2 Å². The predicted molar refractivity (Wildman–Crippen MR) is 140 cm³/mol. The number of hydrogen-bond acceptors (Lipinski definition) is 9. The molecule has 0 bridgehead atoms. The third-order valence-corrected chi connectivity index (χ3v) is 7.49. The number of azo groups is 2. The van der Waals surface area contributed by atoms with Crippen LogP contribution in [0.15, 0.2) is 75.1 Å². The SMILES string of the molecule is CCCCc1ccc(N=Nc2cc3sc(N=Nc4ccc(N5CCOCC5)cc4)nc3s2)cc1. The Labute approximate surface area is 206 Å². The minimum Gasteiger partial charge on any atom is -0.378 e. The second-order valence-electron chi connectivity index (χ2n) is 8.04. The van der Waals surface area contributed by atoms with Gasteiger partial charge in [0.05, 0.1) is 29.3 Å². The van der Waals surface area contributed by atoms with E-state index in [0.717, 1.165) is 58.6 Å². The molecule has 1 fully saturated rings. The van der Waals surface area contributed by atoms with Crippen LogP contribution in [0.25, 0.3) is 9.53 Å². The van der Waals surface area contributed by atoms with Gasteiger partial charge < -0.3 is 9.64 Å². The fourth-order valence-corrected chi connectivity index (χ4v) is 5.52. The zero-order chi connectivity index (χ0) is 23.2. The molecule has 1 saturated heterocycles. The molecule has 0 saturated carbocycles. The molecule has 5 rings (SSSR count). The average Bonchev–Trinajstić information content (AvgIpc) is 3.45. The number of ether oxygens (including phenoxy) is 1. The molecule has 2 aromatic carbocycles. The number of fused-ring (bicyclic) bond motifs is 1. The second kappa shape index (κ2) is 10.9. The molecule has 34 heavy (non-hydrogen) atoms. The maximum atomic E-state index is 5.42. The van der Waals surface area contributed by atoms with Gasteiger partial charge >= 0.3 is 0 Å². The average molecular weight is 491 g/mol. The molecule has 7 nitrogen and oxygen atoms in total. The molecular weight excluding hydrogens is 464 g/mol. The summed E-state index contributed by atoms with van der Waals surface area (Å²) in [5.74, 6) is 0. The van der Waals surface area contributed by atoms with Crippen LogP contribution < -0.4 is 4.90 Å². The van der Waals surface area contributed by atoms with E-state index in [2.05, 4.69) is 61.5 Å². The smallest absolute Gasteiger partial charge is 0.231 e. The lowest BCUT2D eigenvalue weighted by Crippen LogP contribution is -2.36. The third-order valence-electron chi connectivity index (χ3n) is 5.56. The molecule has 174 valence electrons. The van der Waals surface area contributed by atoms with Gasteiger partial charge in [-0.15, -0.1) is 20.5 Å². The summed E-state index contributed by atoms with van der Waals surface area (Å²) in [5, 5.41) is 18.9. The molecule has 0 radical (unpaired) electrons. The Bertz CT molecular complexity index is 1240. The summed E-state index contributed by atoms with van der Waals surface area (Å²) < 4.78 is 6.46. The van der Waals surface area contributed by atoms with Crippen molar-refractivity contribution in [2.24, 2.45) is 20.5 Å². The van der Waals surface area contributed by atoms with Crippen LogP contribution in [0.3, 0.4) is 0 Å². The number of anilines is 1. The lowest BCUT2D eigenvalue weighted by atomic mass is 10.1. The van der Waals surface area contributed by atoms with E-state index in [1.807, 2.05) is 30.3 Å². The summed E-state index contributed by atoms with van der Waals surface area (Å²) in [6.45, 7) is 5.60. The standard InChI is InChI=1S/C25H26N6OS2/c1-2-3-4-18-5-7-19(8-6-18)27-29-23-17-22-24(34-23)26-25(33-22)30-28-20-9-11-21(12-10-20)31-13-15-32-16-14-31/h5-12,17H,2-4,13-16H2,1H3. The highest BCUT2D eigenvalue weighted by molar-refractivity contribution is 7.30.